The zero-order valence-corrected chi connectivity index (χ0v) is 8.25. The van der Waals surface area contributed by atoms with E-state index in [1.807, 2.05) is 0 Å². The second kappa shape index (κ2) is 5.04. The number of amides is 1. The van der Waals surface area contributed by atoms with E-state index in [1.165, 1.54) is 24.2 Å². The second-order valence-electron chi connectivity index (χ2n) is 2.98. The molecule has 0 aliphatic rings. The molecule has 1 N–H and O–H groups in total. The summed E-state index contributed by atoms with van der Waals surface area (Å²) in [6.45, 7) is 0.157. The van der Waals surface area contributed by atoms with Gasteiger partial charge in [0.05, 0.1) is 6.42 Å². The van der Waals surface area contributed by atoms with Gasteiger partial charge in [-0.1, -0.05) is 0 Å². The Labute approximate surface area is 86.5 Å². The van der Waals surface area contributed by atoms with Gasteiger partial charge >= 0.3 is 5.97 Å². The molecule has 1 amide bonds. The summed E-state index contributed by atoms with van der Waals surface area (Å²) in [5.41, 5.74) is 0.213. The summed E-state index contributed by atoms with van der Waals surface area (Å²) >= 11 is 0. The molecule has 0 saturated heterocycles. The number of aromatic nitrogens is 2. The van der Waals surface area contributed by atoms with Gasteiger partial charge in [0.1, 0.15) is 0 Å². The second-order valence-corrected chi connectivity index (χ2v) is 2.98. The zero-order chi connectivity index (χ0) is 11.3. The Kier molecular flexibility index (Phi) is 3.73. The number of carboxylic acids is 1. The number of aliphatic carboxylic acids is 1. The van der Waals surface area contributed by atoms with E-state index in [9.17, 15) is 9.59 Å². The molecule has 0 aromatic carbocycles. The number of carboxylic acid groups (broad SMARTS) is 1. The van der Waals surface area contributed by atoms with Gasteiger partial charge in [0.2, 0.25) is 0 Å². The molecule has 0 atom stereocenters. The van der Waals surface area contributed by atoms with Crippen molar-refractivity contribution in [2.75, 3.05) is 13.6 Å². The quantitative estimate of drug-likeness (QED) is 0.755. The standard InChI is InChI=1S/C9H11N3O3/c1-12(6-4-8(13)14)9(15)7-3-2-5-10-11-7/h2-3,5H,4,6H2,1H3,(H,13,14). The molecule has 6 nitrogen and oxygen atoms in total. The number of carbonyl (C=O) groups excluding carboxylic acids is 1. The van der Waals surface area contributed by atoms with Gasteiger partial charge in [0.25, 0.3) is 5.91 Å². The van der Waals surface area contributed by atoms with Crippen molar-refractivity contribution in [2.24, 2.45) is 0 Å². The third kappa shape index (κ3) is 3.34. The molecule has 0 saturated carbocycles. The summed E-state index contributed by atoms with van der Waals surface area (Å²) in [5, 5.41) is 15.7. The first-order valence-electron chi connectivity index (χ1n) is 4.36. The fourth-order valence-corrected chi connectivity index (χ4v) is 0.976. The Bertz CT molecular complexity index is 353. The van der Waals surface area contributed by atoms with Crippen molar-refractivity contribution < 1.29 is 14.7 Å². The largest absolute Gasteiger partial charge is 0.481 e. The lowest BCUT2D eigenvalue weighted by Crippen LogP contribution is -2.29. The van der Waals surface area contributed by atoms with E-state index in [0.29, 0.717) is 0 Å². The summed E-state index contributed by atoms with van der Waals surface area (Å²) in [5.74, 6) is -1.27. The van der Waals surface area contributed by atoms with Crippen LogP contribution in [0.3, 0.4) is 0 Å². The van der Waals surface area contributed by atoms with Gasteiger partial charge in [0, 0.05) is 19.8 Å². The van der Waals surface area contributed by atoms with E-state index in [1.54, 1.807) is 6.07 Å². The maximum atomic E-state index is 11.6. The van der Waals surface area contributed by atoms with Gasteiger partial charge in [-0.2, -0.15) is 5.10 Å². The Morgan fingerprint density at radius 3 is 2.80 bits per heavy atom. The van der Waals surface area contributed by atoms with Crippen LogP contribution in [0.4, 0.5) is 0 Å². The van der Waals surface area contributed by atoms with Crippen LogP contribution in [0.2, 0.25) is 0 Å². The van der Waals surface area contributed by atoms with Crippen molar-refractivity contribution in [1.82, 2.24) is 15.1 Å². The number of hydrogen-bond donors (Lipinski definition) is 1. The first-order valence-corrected chi connectivity index (χ1v) is 4.36. The van der Waals surface area contributed by atoms with Crippen LogP contribution in [0, 0.1) is 0 Å². The van der Waals surface area contributed by atoms with E-state index in [2.05, 4.69) is 10.2 Å². The number of nitrogens with zero attached hydrogens (tertiary/aromatic N) is 3. The lowest BCUT2D eigenvalue weighted by molar-refractivity contribution is -0.137. The highest BCUT2D eigenvalue weighted by molar-refractivity contribution is 5.92. The number of carbonyl (C=O) groups is 2. The fourth-order valence-electron chi connectivity index (χ4n) is 0.976. The van der Waals surface area contributed by atoms with Crippen LogP contribution in [-0.2, 0) is 4.79 Å². The van der Waals surface area contributed by atoms with Crippen molar-refractivity contribution in [3.8, 4) is 0 Å². The van der Waals surface area contributed by atoms with E-state index in [-0.39, 0.29) is 24.6 Å². The molecule has 0 aliphatic heterocycles. The third-order valence-electron chi connectivity index (χ3n) is 1.80. The van der Waals surface area contributed by atoms with Crippen LogP contribution < -0.4 is 0 Å². The van der Waals surface area contributed by atoms with Crippen LogP contribution in [0.5, 0.6) is 0 Å². The molecule has 80 valence electrons. The molecule has 1 rings (SSSR count). The molecule has 15 heavy (non-hydrogen) atoms. The molecule has 1 aromatic heterocycles. The lowest BCUT2D eigenvalue weighted by atomic mass is 10.3. The van der Waals surface area contributed by atoms with Crippen LogP contribution in [-0.4, -0.2) is 45.7 Å². The minimum Gasteiger partial charge on any atom is -0.481 e. The van der Waals surface area contributed by atoms with E-state index < -0.39 is 5.97 Å². The monoisotopic (exact) mass is 209 g/mol. The van der Waals surface area contributed by atoms with Crippen molar-refractivity contribution >= 4 is 11.9 Å². The Morgan fingerprint density at radius 2 is 2.27 bits per heavy atom. The minimum absolute atomic E-state index is 0.0809. The highest BCUT2D eigenvalue weighted by Gasteiger charge is 2.13. The van der Waals surface area contributed by atoms with Crippen molar-refractivity contribution in [1.29, 1.82) is 0 Å². The molecular formula is C9H11N3O3. The van der Waals surface area contributed by atoms with Crippen LogP contribution >= 0.6 is 0 Å². The fraction of sp³-hybridized carbons (Fsp3) is 0.333. The normalized spacial score (nSPS) is 9.67. The lowest BCUT2D eigenvalue weighted by Gasteiger charge is -2.14. The van der Waals surface area contributed by atoms with Crippen molar-refractivity contribution in [3.63, 3.8) is 0 Å². The third-order valence-corrected chi connectivity index (χ3v) is 1.80. The van der Waals surface area contributed by atoms with Gasteiger partial charge in [-0.3, -0.25) is 9.59 Å². The number of rotatable bonds is 4. The van der Waals surface area contributed by atoms with Gasteiger partial charge in [0.15, 0.2) is 5.69 Å². The molecule has 0 spiro atoms. The molecule has 1 aromatic rings. The van der Waals surface area contributed by atoms with E-state index >= 15 is 0 Å². The van der Waals surface area contributed by atoms with E-state index in [4.69, 9.17) is 5.11 Å². The summed E-state index contributed by atoms with van der Waals surface area (Å²) in [7, 11) is 1.53. The first kappa shape index (κ1) is 11.1. The smallest absolute Gasteiger partial charge is 0.305 e. The number of hydrogen-bond acceptors (Lipinski definition) is 4. The summed E-state index contributed by atoms with van der Waals surface area (Å²) in [4.78, 5) is 23.2. The predicted octanol–water partition coefficient (Wildman–Crippen LogP) is 0.0233. The molecule has 0 aliphatic carbocycles. The SMILES string of the molecule is CN(CCC(=O)O)C(=O)c1cccnn1. The molecule has 0 radical (unpaired) electrons. The van der Waals surface area contributed by atoms with Gasteiger partial charge in [-0.15, -0.1) is 5.10 Å². The zero-order valence-electron chi connectivity index (χ0n) is 8.25. The Hall–Kier alpha value is -1.98. The minimum atomic E-state index is -0.936. The predicted molar refractivity (Wildman–Crippen MR) is 51.2 cm³/mol. The summed E-state index contributed by atoms with van der Waals surface area (Å²) < 4.78 is 0. The topological polar surface area (TPSA) is 83.4 Å². The average Bonchev–Trinajstić information content (AvgIpc) is 2.26. The molecule has 0 unspecified atom stereocenters. The maximum absolute atomic E-state index is 11.6. The van der Waals surface area contributed by atoms with Gasteiger partial charge < -0.3 is 10.0 Å². The molecule has 0 fully saturated rings. The summed E-state index contributed by atoms with van der Waals surface area (Å²) in [6.07, 6.45) is 1.39. The van der Waals surface area contributed by atoms with E-state index in [0.717, 1.165) is 0 Å². The molecular weight excluding hydrogens is 198 g/mol. The van der Waals surface area contributed by atoms with Crippen molar-refractivity contribution in [3.05, 3.63) is 24.0 Å². The Balaban J connectivity index is 2.57. The van der Waals surface area contributed by atoms with Crippen LogP contribution in [0.25, 0.3) is 0 Å². The molecule has 0 bridgehead atoms. The van der Waals surface area contributed by atoms with Crippen LogP contribution in [0.1, 0.15) is 16.9 Å². The molecule has 1 heterocycles. The first-order chi connectivity index (χ1) is 7.11. The highest BCUT2D eigenvalue weighted by atomic mass is 16.4. The Morgan fingerprint density at radius 1 is 1.53 bits per heavy atom. The molecule has 6 heteroatoms. The van der Waals surface area contributed by atoms with Gasteiger partial charge in [-0.05, 0) is 12.1 Å². The maximum Gasteiger partial charge on any atom is 0.305 e. The summed E-state index contributed by atoms with van der Waals surface area (Å²) in [6, 6.07) is 3.14. The highest BCUT2D eigenvalue weighted by Crippen LogP contribution is 1.98. The average molecular weight is 209 g/mol. The van der Waals surface area contributed by atoms with Crippen molar-refractivity contribution in [2.45, 2.75) is 6.42 Å². The van der Waals surface area contributed by atoms with Crippen LogP contribution in [0.15, 0.2) is 18.3 Å². The van der Waals surface area contributed by atoms with Gasteiger partial charge in [-0.25, -0.2) is 0 Å².